The molecule has 8 heteroatoms. The van der Waals surface area contributed by atoms with Gasteiger partial charge in [-0.2, -0.15) is 0 Å². The monoisotopic (exact) mass is 364 g/mol. The van der Waals surface area contributed by atoms with E-state index in [4.69, 9.17) is 9.84 Å². The number of carbonyl (C=O) groups is 3. The topological polar surface area (TPSA) is 125 Å². The summed E-state index contributed by atoms with van der Waals surface area (Å²) in [5.74, 6) is -2.02. The van der Waals surface area contributed by atoms with Crippen LogP contribution in [0.4, 0.5) is 4.79 Å². The van der Waals surface area contributed by atoms with E-state index in [2.05, 4.69) is 10.6 Å². The zero-order chi connectivity index (χ0) is 19.5. The fourth-order valence-electron chi connectivity index (χ4n) is 1.95. The molecular formula is C18H24N2O6. The summed E-state index contributed by atoms with van der Waals surface area (Å²) in [6.07, 6.45) is 0.883. The van der Waals surface area contributed by atoms with Gasteiger partial charge < -0.3 is 25.6 Å². The summed E-state index contributed by atoms with van der Waals surface area (Å²) in [6, 6.07) is 6.47. The number of carboxylic acid groups (broad SMARTS) is 1. The first-order valence-electron chi connectivity index (χ1n) is 8.08. The van der Waals surface area contributed by atoms with Crippen molar-refractivity contribution in [2.45, 2.75) is 39.0 Å². The number of allylic oxidation sites excluding steroid dienone is 1. The van der Waals surface area contributed by atoms with Crippen molar-refractivity contribution in [3.8, 4) is 0 Å². The van der Waals surface area contributed by atoms with Gasteiger partial charge in [-0.3, -0.25) is 4.79 Å². The molecule has 1 aromatic carbocycles. The lowest BCUT2D eigenvalue weighted by Gasteiger charge is -2.19. The molecule has 0 aliphatic rings. The van der Waals surface area contributed by atoms with Crippen molar-refractivity contribution < 1.29 is 29.3 Å². The number of rotatable bonds is 9. The van der Waals surface area contributed by atoms with Crippen molar-refractivity contribution in [2.24, 2.45) is 0 Å². The Morgan fingerprint density at radius 2 is 1.77 bits per heavy atom. The number of benzene rings is 1. The van der Waals surface area contributed by atoms with E-state index in [1.807, 2.05) is 19.9 Å². The third-order valence-electron chi connectivity index (χ3n) is 3.38. The van der Waals surface area contributed by atoms with Gasteiger partial charge in [0.1, 0.15) is 18.7 Å². The second-order valence-corrected chi connectivity index (χ2v) is 5.86. The quantitative estimate of drug-likeness (QED) is 0.488. The lowest BCUT2D eigenvalue weighted by Crippen LogP contribution is -2.53. The summed E-state index contributed by atoms with van der Waals surface area (Å²) >= 11 is 0. The van der Waals surface area contributed by atoms with Gasteiger partial charge in [0.25, 0.3) is 0 Å². The fourth-order valence-corrected chi connectivity index (χ4v) is 1.95. The molecule has 0 bridgehead atoms. The molecule has 0 saturated heterocycles. The molecule has 26 heavy (non-hydrogen) atoms. The van der Waals surface area contributed by atoms with E-state index in [1.54, 1.807) is 30.3 Å². The molecule has 1 aromatic rings. The van der Waals surface area contributed by atoms with Crippen molar-refractivity contribution in [1.29, 1.82) is 0 Å². The van der Waals surface area contributed by atoms with Crippen LogP contribution in [0.25, 0.3) is 0 Å². The molecular weight excluding hydrogens is 340 g/mol. The summed E-state index contributed by atoms with van der Waals surface area (Å²) in [5.41, 5.74) is 1.67. The van der Waals surface area contributed by atoms with E-state index in [1.165, 1.54) is 0 Å². The molecule has 1 rings (SSSR count). The zero-order valence-corrected chi connectivity index (χ0v) is 14.8. The second-order valence-electron chi connectivity index (χ2n) is 5.86. The van der Waals surface area contributed by atoms with Crippen molar-refractivity contribution >= 4 is 18.0 Å². The Hall–Kier alpha value is -2.87. The normalized spacial score (nSPS) is 12.4. The molecule has 0 aliphatic carbocycles. The number of aliphatic hydroxyl groups excluding tert-OH is 1. The second kappa shape index (κ2) is 10.9. The van der Waals surface area contributed by atoms with E-state index < -0.39 is 36.7 Å². The summed E-state index contributed by atoms with van der Waals surface area (Å²) in [6.45, 7) is 2.93. The molecule has 0 fully saturated rings. The number of amides is 2. The maximum Gasteiger partial charge on any atom is 0.408 e. The Morgan fingerprint density at radius 3 is 2.31 bits per heavy atom. The minimum absolute atomic E-state index is 0.00473. The molecule has 8 nitrogen and oxygen atoms in total. The third kappa shape index (κ3) is 7.80. The number of carboxylic acids is 1. The van der Waals surface area contributed by atoms with Crippen LogP contribution < -0.4 is 10.6 Å². The number of aliphatic hydroxyl groups is 1. The molecule has 0 spiro atoms. The molecule has 4 N–H and O–H groups in total. The number of nitrogens with one attached hydrogen (secondary N) is 2. The Bertz CT molecular complexity index is 640. The first-order valence-corrected chi connectivity index (χ1v) is 8.08. The summed E-state index contributed by atoms with van der Waals surface area (Å²) in [5, 5.41) is 23.0. The first-order chi connectivity index (χ1) is 12.3. The van der Waals surface area contributed by atoms with Gasteiger partial charge in [0, 0.05) is 0 Å². The lowest BCUT2D eigenvalue weighted by molar-refractivity contribution is -0.142. The van der Waals surface area contributed by atoms with Gasteiger partial charge in [-0.15, -0.1) is 0 Å². The maximum absolute atomic E-state index is 12.1. The van der Waals surface area contributed by atoms with Crippen LogP contribution in [0.5, 0.6) is 0 Å². The predicted octanol–water partition coefficient (Wildman–Crippen LogP) is 1.20. The molecule has 0 unspecified atom stereocenters. The fraction of sp³-hybridized carbons (Fsp3) is 0.389. The molecule has 0 aliphatic heterocycles. The van der Waals surface area contributed by atoms with E-state index in [0.29, 0.717) is 0 Å². The van der Waals surface area contributed by atoms with Gasteiger partial charge in [-0.1, -0.05) is 42.0 Å². The van der Waals surface area contributed by atoms with Crippen molar-refractivity contribution in [2.75, 3.05) is 6.61 Å². The van der Waals surface area contributed by atoms with Gasteiger partial charge in [0.2, 0.25) is 5.91 Å². The number of aliphatic carboxylic acids is 1. The molecule has 0 aromatic heterocycles. The van der Waals surface area contributed by atoms with Crippen molar-refractivity contribution in [1.82, 2.24) is 10.6 Å². The van der Waals surface area contributed by atoms with Crippen LogP contribution in [0.15, 0.2) is 42.0 Å². The van der Waals surface area contributed by atoms with Gasteiger partial charge in [0.15, 0.2) is 0 Å². The Morgan fingerprint density at radius 1 is 1.12 bits per heavy atom. The lowest BCUT2D eigenvalue weighted by atomic mass is 10.1. The molecule has 0 heterocycles. The third-order valence-corrected chi connectivity index (χ3v) is 3.38. The Labute approximate surface area is 151 Å². The average Bonchev–Trinajstić information content (AvgIpc) is 2.61. The molecule has 2 amide bonds. The molecule has 2 atom stereocenters. The predicted molar refractivity (Wildman–Crippen MR) is 94.3 cm³/mol. The van der Waals surface area contributed by atoms with Crippen LogP contribution in [0.2, 0.25) is 0 Å². The van der Waals surface area contributed by atoms with Gasteiger partial charge in [-0.05, 0) is 25.8 Å². The highest BCUT2D eigenvalue weighted by molar-refractivity contribution is 5.89. The number of carbonyl (C=O) groups excluding carboxylic acids is 2. The van der Waals surface area contributed by atoms with Crippen molar-refractivity contribution in [3.63, 3.8) is 0 Å². The SMILES string of the molecule is CC(C)=CC[C@H](NC(=O)[C@H](CO)NC(=O)OCc1ccccc1)C(=O)O. The highest BCUT2D eigenvalue weighted by Crippen LogP contribution is 2.02. The van der Waals surface area contributed by atoms with Crippen LogP contribution in [0, 0.1) is 0 Å². The standard InChI is InChI=1S/C18H24N2O6/c1-12(2)8-9-14(17(23)24)19-16(22)15(10-21)20-18(25)26-11-13-6-4-3-5-7-13/h3-8,14-15,21H,9-11H2,1-2H3,(H,19,22)(H,20,25)(H,23,24)/t14-,15-/m0/s1. The van der Waals surface area contributed by atoms with E-state index in [0.717, 1.165) is 11.1 Å². The highest BCUT2D eigenvalue weighted by atomic mass is 16.5. The van der Waals surface area contributed by atoms with Crippen LogP contribution in [-0.4, -0.2) is 46.9 Å². The molecule has 0 radical (unpaired) electrons. The highest BCUT2D eigenvalue weighted by Gasteiger charge is 2.25. The van der Waals surface area contributed by atoms with E-state index in [9.17, 15) is 19.5 Å². The first kappa shape index (κ1) is 21.2. The van der Waals surface area contributed by atoms with E-state index in [-0.39, 0.29) is 13.0 Å². The van der Waals surface area contributed by atoms with Crippen LogP contribution >= 0.6 is 0 Å². The maximum atomic E-state index is 12.1. The van der Waals surface area contributed by atoms with Crippen LogP contribution in [-0.2, 0) is 20.9 Å². The number of ether oxygens (including phenoxy) is 1. The average molecular weight is 364 g/mol. The van der Waals surface area contributed by atoms with E-state index >= 15 is 0 Å². The smallest absolute Gasteiger partial charge is 0.408 e. The minimum atomic E-state index is -1.31. The molecule has 142 valence electrons. The number of hydrogen-bond donors (Lipinski definition) is 4. The minimum Gasteiger partial charge on any atom is -0.480 e. The van der Waals surface area contributed by atoms with Crippen LogP contribution in [0.1, 0.15) is 25.8 Å². The number of alkyl carbamates (subject to hydrolysis) is 1. The summed E-state index contributed by atoms with van der Waals surface area (Å²) in [7, 11) is 0. The zero-order valence-electron chi connectivity index (χ0n) is 14.8. The Kier molecular flexibility index (Phi) is 8.86. The Balaban J connectivity index is 2.56. The number of hydrogen-bond acceptors (Lipinski definition) is 5. The summed E-state index contributed by atoms with van der Waals surface area (Å²) < 4.78 is 4.97. The van der Waals surface area contributed by atoms with Gasteiger partial charge in [-0.25, -0.2) is 9.59 Å². The van der Waals surface area contributed by atoms with Gasteiger partial charge in [0.05, 0.1) is 6.61 Å². The van der Waals surface area contributed by atoms with Crippen molar-refractivity contribution in [3.05, 3.63) is 47.5 Å². The molecule has 0 saturated carbocycles. The van der Waals surface area contributed by atoms with Gasteiger partial charge >= 0.3 is 12.1 Å². The summed E-state index contributed by atoms with van der Waals surface area (Å²) in [4.78, 5) is 35.1. The largest absolute Gasteiger partial charge is 0.480 e. The van der Waals surface area contributed by atoms with Crippen LogP contribution in [0.3, 0.4) is 0 Å².